The minimum Gasteiger partial charge on any atom is -0.352 e. The lowest BCUT2D eigenvalue weighted by molar-refractivity contribution is -0.126. The number of benzene rings is 1. The average Bonchev–Trinajstić information content (AvgIpc) is 2.68. The predicted molar refractivity (Wildman–Crippen MR) is 99.1 cm³/mol. The number of hydrogen-bond acceptors (Lipinski definition) is 3. The van der Waals surface area contributed by atoms with E-state index in [1.54, 1.807) is 0 Å². The van der Waals surface area contributed by atoms with E-state index in [9.17, 15) is 9.59 Å². The van der Waals surface area contributed by atoms with Crippen LogP contribution >= 0.6 is 0 Å². The van der Waals surface area contributed by atoms with Gasteiger partial charge in [-0.25, -0.2) is 0 Å². The van der Waals surface area contributed by atoms with Crippen molar-refractivity contribution in [3.05, 3.63) is 29.8 Å². The van der Waals surface area contributed by atoms with E-state index < -0.39 is 0 Å². The summed E-state index contributed by atoms with van der Waals surface area (Å²) in [5, 5.41) is 9.35. The van der Waals surface area contributed by atoms with E-state index in [1.165, 1.54) is 6.42 Å². The summed E-state index contributed by atoms with van der Waals surface area (Å²) in [5.41, 5.74) is 1.84. The van der Waals surface area contributed by atoms with Crippen LogP contribution in [0.2, 0.25) is 0 Å². The number of amides is 2. The molecule has 1 aromatic rings. The summed E-state index contributed by atoms with van der Waals surface area (Å²) in [4.78, 5) is 24.6. The largest absolute Gasteiger partial charge is 0.352 e. The SMILES string of the molecule is O=C(NCc1cccc(NC(=O)C2CCCCC2)c1)C1CCNCC1. The van der Waals surface area contributed by atoms with Crippen LogP contribution in [-0.4, -0.2) is 24.9 Å². The van der Waals surface area contributed by atoms with Gasteiger partial charge in [0, 0.05) is 24.1 Å². The van der Waals surface area contributed by atoms with Gasteiger partial charge in [0.1, 0.15) is 0 Å². The van der Waals surface area contributed by atoms with Crippen LogP contribution < -0.4 is 16.0 Å². The van der Waals surface area contributed by atoms with Crippen molar-refractivity contribution in [2.24, 2.45) is 11.8 Å². The summed E-state index contributed by atoms with van der Waals surface area (Å²) >= 11 is 0. The number of piperidine rings is 1. The van der Waals surface area contributed by atoms with Crippen LogP contribution in [0.25, 0.3) is 0 Å². The smallest absolute Gasteiger partial charge is 0.227 e. The third-order valence-corrected chi connectivity index (χ3v) is 5.35. The second-order valence-electron chi connectivity index (χ2n) is 7.27. The maximum atomic E-state index is 12.4. The molecule has 1 heterocycles. The summed E-state index contributed by atoms with van der Waals surface area (Å²) in [5.74, 6) is 0.543. The number of carbonyl (C=O) groups is 2. The van der Waals surface area contributed by atoms with Gasteiger partial charge in [0.2, 0.25) is 11.8 Å². The van der Waals surface area contributed by atoms with Crippen LogP contribution in [0.1, 0.15) is 50.5 Å². The Kier molecular flexibility index (Phi) is 6.45. The van der Waals surface area contributed by atoms with Crippen LogP contribution in [0.3, 0.4) is 0 Å². The number of carbonyl (C=O) groups excluding carboxylic acids is 2. The maximum Gasteiger partial charge on any atom is 0.227 e. The second-order valence-corrected chi connectivity index (χ2v) is 7.27. The second kappa shape index (κ2) is 8.99. The fraction of sp³-hybridized carbons (Fsp3) is 0.600. The van der Waals surface area contributed by atoms with Gasteiger partial charge in [-0.05, 0) is 56.5 Å². The number of nitrogens with one attached hydrogen (secondary N) is 3. The average molecular weight is 343 g/mol. The summed E-state index contributed by atoms with van der Waals surface area (Å²) in [6.07, 6.45) is 7.36. The highest BCUT2D eigenvalue weighted by Crippen LogP contribution is 2.25. The van der Waals surface area contributed by atoms with E-state index in [0.717, 1.165) is 62.9 Å². The first kappa shape index (κ1) is 17.9. The molecule has 0 aromatic heterocycles. The third kappa shape index (κ3) is 5.30. The molecule has 2 aliphatic rings. The molecular weight excluding hydrogens is 314 g/mol. The van der Waals surface area contributed by atoms with Crippen LogP contribution in [0.4, 0.5) is 5.69 Å². The minimum atomic E-state index is 0.121. The molecule has 0 spiro atoms. The molecule has 0 bridgehead atoms. The lowest BCUT2D eigenvalue weighted by atomic mass is 9.88. The fourth-order valence-electron chi connectivity index (χ4n) is 3.79. The standard InChI is InChI=1S/C20H29N3O2/c24-19(17-9-11-21-12-10-17)22-14-15-5-4-8-18(13-15)23-20(25)16-6-2-1-3-7-16/h4-5,8,13,16-17,21H,1-3,6-7,9-12,14H2,(H,22,24)(H,23,25). The van der Waals surface area contributed by atoms with Crippen LogP contribution in [-0.2, 0) is 16.1 Å². The van der Waals surface area contributed by atoms with Gasteiger partial charge in [-0.1, -0.05) is 31.4 Å². The molecule has 1 saturated heterocycles. The first-order valence-corrected chi connectivity index (χ1v) is 9.60. The zero-order valence-electron chi connectivity index (χ0n) is 14.9. The van der Waals surface area contributed by atoms with Crippen molar-refractivity contribution in [2.75, 3.05) is 18.4 Å². The number of hydrogen-bond donors (Lipinski definition) is 3. The molecule has 5 heteroatoms. The zero-order chi connectivity index (χ0) is 17.5. The molecule has 0 atom stereocenters. The highest BCUT2D eigenvalue weighted by atomic mass is 16.2. The minimum absolute atomic E-state index is 0.121. The van der Waals surface area contributed by atoms with Crippen molar-refractivity contribution in [1.29, 1.82) is 0 Å². The fourth-order valence-corrected chi connectivity index (χ4v) is 3.79. The lowest BCUT2D eigenvalue weighted by Crippen LogP contribution is -2.37. The highest BCUT2D eigenvalue weighted by molar-refractivity contribution is 5.92. The van der Waals surface area contributed by atoms with Crippen molar-refractivity contribution in [3.63, 3.8) is 0 Å². The van der Waals surface area contributed by atoms with Gasteiger partial charge in [-0.2, -0.15) is 0 Å². The molecule has 136 valence electrons. The molecule has 2 fully saturated rings. The van der Waals surface area contributed by atoms with Crippen molar-refractivity contribution < 1.29 is 9.59 Å². The summed E-state index contributed by atoms with van der Waals surface area (Å²) in [6, 6.07) is 7.80. The molecular formula is C20H29N3O2. The molecule has 0 radical (unpaired) electrons. The van der Waals surface area contributed by atoms with E-state index in [-0.39, 0.29) is 23.7 Å². The molecule has 1 aliphatic heterocycles. The summed E-state index contributed by atoms with van der Waals surface area (Å²) < 4.78 is 0. The Hall–Kier alpha value is -1.88. The topological polar surface area (TPSA) is 70.2 Å². The Morgan fingerprint density at radius 2 is 1.68 bits per heavy atom. The van der Waals surface area contributed by atoms with Gasteiger partial charge in [0.25, 0.3) is 0 Å². The van der Waals surface area contributed by atoms with E-state index in [2.05, 4.69) is 16.0 Å². The van der Waals surface area contributed by atoms with Gasteiger partial charge in [-0.15, -0.1) is 0 Å². The van der Waals surface area contributed by atoms with Crippen LogP contribution in [0.5, 0.6) is 0 Å². The first-order valence-electron chi connectivity index (χ1n) is 9.60. The molecule has 25 heavy (non-hydrogen) atoms. The van der Waals surface area contributed by atoms with Crippen molar-refractivity contribution in [3.8, 4) is 0 Å². The maximum absolute atomic E-state index is 12.4. The molecule has 0 unspecified atom stereocenters. The molecule has 1 aliphatic carbocycles. The summed E-state index contributed by atoms with van der Waals surface area (Å²) in [7, 11) is 0. The highest BCUT2D eigenvalue weighted by Gasteiger charge is 2.22. The monoisotopic (exact) mass is 343 g/mol. The molecule has 3 N–H and O–H groups in total. The van der Waals surface area contributed by atoms with Gasteiger partial charge in [0.05, 0.1) is 0 Å². The first-order chi connectivity index (χ1) is 12.2. The number of rotatable bonds is 5. The molecule has 5 nitrogen and oxygen atoms in total. The normalized spacial score (nSPS) is 19.4. The van der Waals surface area contributed by atoms with Gasteiger partial charge >= 0.3 is 0 Å². The van der Waals surface area contributed by atoms with Crippen LogP contribution in [0, 0.1) is 11.8 Å². The molecule has 3 rings (SSSR count). The van der Waals surface area contributed by atoms with Crippen molar-refractivity contribution in [2.45, 2.75) is 51.5 Å². The Morgan fingerprint density at radius 1 is 0.960 bits per heavy atom. The van der Waals surface area contributed by atoms with E-state index in [1.807, 2.05) is 24.3 Å². The molecule has 2 amide bonds. The van der Waals surface area contributed by atoms with Crippen molar-refractivity contribution >= 4 is 17.5 Å². The molecule has 1 aromatic carbocycles. The van der Waals surface area contributed by atoms with Crippen LogP contribution in [0.15, 0.2) is 24.3 Å². The van der Waals surface area contributed by atoms with Crippen molar-refractivity contribution in [1.82, 2.24) is 10.6 Å². The van der Waals surface area contributed by atoms with Gasteiger partial charge in [0.15, 0.2) is 0 Å². The Labute approximate surface area is 150 Å². The van der Waals surface area contributed by atoms with E-state index >= 15 is 0 Å². The van der Waals surface area contributed by atoms with E-state index in [4.69, 9.17) is 0 Å². The Balaban J connectivity index is 1.50. The van der Waals surface area contributed by atoms with Gasteiger partial charge < -0.3 is 16.0 Å². The Morgan fingerprint density at radius 3 is 2.44 bits per heavy atom. The summed E-state index contributed by atoms with van der Waals surface area (Å²) in [6.45, 7) is 2.34. The van der Waals surface area contributed by atoms with Gasteiger partial charge in [-0.3, -0.25) is 9.59 Å². The third-order valence-electron chi connectivity index (χ3n) is 5.35. The number of anilines is 1. The quantitative estimate of drug-likeness (QED) is 0.770. The molecule has 1 saturated carbocycles. The zero-order valence-corrected chi connectivity index (χ0v) is 14.9. The Bertz CT molecular complexity index is 590. The lowest BCUT2D eigenvalue weighted by Gasteiger charge is -2.22. The predicted octanol–water partition coefficient (Wildman–Crippen LogP) is 2.82. The van der Waals surface area contributed by atoms with E-state index in [0.29, 0.717) is 6.54 Å².